The molecule has 0 atom stereocenters. The van der Waals surface area contributed by atoms with Crippen LogP contribution in [0.2, 0.25) is 0 Å². The van der Waals surface area contributed by atoms with E-state index in [1.54, 1.807) is 24.3 Å². The van der Waals surface area contributed by atoms with E-state index < -0.39 is 11.9 Å². The van der Waals surface area contributed by atoms with Gasteiger partial charge in [0, 0.05) is 59.0 Å². The van der Waals surface area contributed by atoms with E-state index in [4.69, 9.17) is 10.2 Å². The zero-order chi connectivity index (χ0) is 32.3. The van der Waals surface area contributed by atoms with Crippen LogP contribution in [0, 0.1) is 0 Å². The van der Waals surface area contributed by atoms with Gasteiger partial charge < -0.3 is 10.2 Å². The van der Waals surface area contributed by atoms with Crippen molar-refractivity contribution in [2.75, 3.05) is 13.1 Å². The van der Waals surface area contributed by atoms with E-state index in [9.17, 15) is 28.8 Å². The zero-order valence-corrected chi connectivity index (χ0v) is 24.9. The molecular weight excluding hydrogens is 588 g/mol. The van der Waals surface area contributed by atoms with Crippen molar-refractivity contribution in [2.24, 2.45) is 0 Å². The third-order valence-corrected chi connectivity index (χ3v) is 9.35. The van der Waals surface area contributed by atoms with Crippen LogP contribution in [-0.4, -0.2) is 68.7 Å². The molecule has 0 radical (unpaired) electrons. The topological polar surface area (TPSA) is 149 Å². The lowest BCUT2D eigenvalue weighted by molar-refractivity contribution is -0.138. The van der Waals surface area contributed by atoms with Gasteiger partial charge in [-0.25, -0.2) is 0 Å². The Bertz CT molecular complexity index is 1890. The number of carbonyl (C=O) groups is 6. The van der Waals surface area contributed by atoms with Gasteiger partial charge in [-0.2, -0.15) is 0 Å². The first-order chi connectivity index (χ1) is 22.2. The summed E-state index contributed by atoms with van der Waals surface area (Å²) in [6.07, 6.45) is 3.24. The minimum absolute atomic E-state index is 0.0452. The lowest BCUT2D eigenvalue weighted by Gasteiger charge is -2.30. The molecule has 2 heterocycles. The van der Waals surface area contributed by atoms with Crippen LogP contribution in [0.5, 0.6) is 0 Å². The highest BCUT2D eigenvalue weighted by Crippen LogP contribution is 2.46. The summed E-state index contributed by atoms with van der Waals surface area (Å²) in [7, 11) is 0. The van der Waals surface area contributed by atoms with Gasteiger partial charge in [0.05, 0.1) is 0 Å². The van der Waals surface area contributed by atoms with Crippen molar-refractivity contribution in [1.29, 1.82) is 0 Å². The van der Waals surface area contributed by atoms with Crippen molar-refractivity contribution in [3.05, 3.63) is 70.8 Å². The monoisotopic (exact) mass is 618 g/mol. The molecule has 0 fully saturated rings. The molecule has 4 amide bonds. The van der Waals surface area contributed by atoms with Crippen LogP contribution in [0.3, 0.4) is 0 Å². The minimum atomic E-state index is -0.873. The number of unbranched alkanes of at least 4 members (excludes halogenated alkanes) is 4. The number of amides is 4. The van der Waals surface area contributed by atoms with Crippen LogP contribution in [0.4, 0.5) is 0 Å². The van der Waals surface area contributed by atoms with Gasteiger partial charge in [-0.3, -0.25) is 38.6 Å². The largest absolute Gasteiger partial charge is 0.481 e. The number of fused-ring (bicyclic) bond motifs is 2. The minimum Gasteiger partial charge on any atom is -0.481 e. The van der Waals surface area contributed by atoms with E-state index in [-0.39, 0.29) is 49.6 Å². The summed E-state index contributed by atoms with van der Waals surface area (Å²) >= 11 is 0. The van der Waals surface area contributed by atoms with E-state index in [0.717, 1.165) is 32.3 Å². The number of carboxylic acids is 2. The van der Waals surface area contributed by atoms with Crippen molar-refractivity contribution in [1.82, 2.24) is 9.80 Å². The van der Waals surface area contributed by atoms with Crippen molar-refractivity contribution in [3.8, 4) is 0 Å². The third kappa shape index (κ3) is 4.47. The highest BCUT2D eigenvalue weighted by Gasteiger charge is 2.36. The van der Waals surface area contributed by atoms with Crippen LogP contribution in [0.25, 0.3) is 43.1 Å². The normalized spacial score (nSPS) is 14.5. The molecule has 0 aromatic heterocycles. The Morgan fingerprint density at radius 3 is 1.02 bits per heavy atom. The number of aliphatic carboxylic acids is 2. The Hall–Kier alpha value is -5.38. The van der Waals surface area contributed by atoms with Gasteiger partial charge in [0.2, 0.25) is 0 Å². The average Bonchev–Trinajstić information content (AvgIpc) is 3.03. The molecule has 0 bridgehead atoms. The lowest BCUT2D eigenvalue weighted by Crippen LogP contribution is -2.41. The second-order valence-corrected chi connectivity index (χ2v) is 12.1. The number of hydrogen-bond donors (Lipinski definition) is 2. The lowest BCUT2D eigenvalue weighted by atomic mass is 9.82. The van der Waals surface area contributed by atoms with Gasteiger partial charge >= 0.3 is 11.9 Å². The number of carboxylic acid groups (broad SMARTS) is 2. The molecule has 0 unspecified atom stereocenters. The van der Waals surface area contributed by atoms with Crippen LogP contribution < -0.4 is 0 Å². The van der Waals surface area contributed by atoms with Gasteiger partial charge in [0.25, 0.3) is 23.6 Å². The molecule has 0 aliphatic carbocycles. The smallest absolute Gasteiger partial charge is 0.303 e. The summed E-state index contributed by atoms with van der Waals surface area (Å²) in [6, 6.07) is 14.4. The molecule has 2 aliphatic rings. The first-order valence-corrected chi connectivity index (χ1v) is 15.5. The quantitative estimate of drug-likeness (QED) is 0.0724. The summed E-state index contributed by atoms with van der Waals surface area (Å²) in [6.45, 7) is 0.410. The fraction of sp³-hybridized carbons (Fsp3) is 0.278. The van der Waals surface area contributed by atoms with Crippen LogP contribution in [0.15, 0.2) is 48.5 Å². The van der Waals surface area contributed by atoms with Crippen LogP contribution in [0.1, 0.15) is 92.8 Å². The SMILES string of the molecule is O=C(O)CCCCCN1C(=O)c2ccc3c4ccc5c6c(ccc(c7ccc(c2c37)C1=O)c64)C(=O)N(CCCCCC(=O)O)C5=O. The number of carbonyl (C=O) groups excluding carboxylic acids is 4. The molecule has 232 valence electrons. The summed E-state index contributed by atoms with van der Waals surface area (Å²) < 4.78 is 0. The van der Waals surface area contributed by atoms with E-state index in [1.807, 2.05) is 24.3 Å². The standard InChI is InChI=1S/C36H30N2O8/c39-27(40)7-3-1-5-17-37-33(43)23-13-9-19-21-11-15-25-32-26(36(46)38(35(25)45)18-6-2-4-8-28(41)42)16-12-22(30(21)32)20-10-14-24(34(37)44)31(23)29(19)20/h9-16H,1-8,17-18H2,(H,39,40)(H,41,42). The molecule has 0 spiro atoms. The van der Waals surface area contributed by atoms with Crippen molar-refractivity contribution in [3.63, 3.8) is 0 Å². The summed E-state index contributed by atoms with van der Waals surface area (Å²) in [5.74, 6) is -3.26. The highest BCUT2D eigenvalue weighted by molar-refractivity contribution is 6.41. The fourth-order valence-electron chi connectivity index (χ4n) is 7.22. The highest BCUT2D eigenvalue weighted by atomic mass is 16.4. The number of benzene rings is 5. The molecule has 5 aromatic carbocycles. The number of imide groups is 2. The molecule has 7 rings (SSSR count). The molecule has 2 aliphatic heterocycles. The maximum atomic E-state index is 13.6. The molecule has 46 heavy (non-hydrogen) atoms. The molecule has 0 saturated heterocycles. The predicted octanol–water partition coefficient (Wildman–Crippen LogP) is 6.22. The fourth-order valence-corrected chi connectivity index (χ4v) is 7.22. The Morgan fingerprint density at radius 2 is 0.739 bits per heavy atom. The first-order valence-electron chi connectivity index (χ1n) is 15.5. The van der Waals surface area contributed by atoms with Crippen LogP contribution >= 0.6 is 0 Å². The van der Waals surface area contributed by atoms with E-state index in [1.165, 1.54) is 9.80 Å². The Labute approximate surface area is 262 Å². The molecular formula is C36H30N2O8. The molecule has 5 aromatic rings. The van der Waals surface area contributed by atoms with E-state index in [0.29, 0.717) is 71.6 Å². The molecule has 10 heteroatoms. The Kier molecular flexibility index (Phi) is 7.15. The third-order valence-electron chi connectivity index (χ3n) is 9.35. The van der Waals surface area contributed by atoms with Gasteiger partial charge in [0.15, 0.2) is 0 Å². The van der Waals surface area contributed by atoms with Crippen molar-refractivity contribution in [2.45, 2.75) is 51.4 Å². The number of nitrogens with zero attached hydrogens (tertiary/aromatic N) is 2. The molecule has 2 N–H and O–H groups in total. The van der Waals surface area contributed by atoms with Gasteiger partial charge in [-0.1, -0.05) is 37.1 Å². The Morgan fingerprint density at radius 1 is 0.435 bits per heavy atom. The maximum absolute atomic E-state index is 13.6. The van der Waals surface area contributed by atoms with Crippen molar-refractivity contribution >= 4 is 78.7 Å². The van der Waals surface area contributed by atoms with Gasteiger partial charge in [-0.15, -0.1) is 0 Å². The second kappa shape index (κ2) is 11.2. The molecule has 10 nitrogen and oxygen atoms in total. The second-order valence-electron chi connectivity index (χ2n) is 12.1. The summed E-state index contributed by atoms with van der Waals surface area (Å²) in [5.41, 5.74) is 1.72. The predicted molar refractivity (Wildman–Crippen MR) is 171 cm³/mol. The number of rotatable bonds is 12. The first kappa shape index (κ1) is 29.3. The van der Waals surface area contributed by atoms with Gasteiger partial charge in [0.1, 0.15) is 0 Å². The molecule has 0 saturated carbocycles. The zero-order valence-electron chi connectivity index (χ0n) is 24.9. The van der Waals surface area contributed by atoms with Gasteiger partial charge in [-0.05, 0) is 82.3 Å². The van der Waals surface area contributed by atoms with E-state index >= 15 is 0 Å². The average molecular weight is 619 g/mol. The number of hydrogen-bond acceptors (Lipinski definition) is 6. The Balaban J connectivity index is 1.29. The maximum Gasteiger partial charge on any atom is 0.303 e. The van der Waals surface area contributed by atoms with Crippen molar-refractivity contribution < 1.29 is 39.0 Å². The van der Waals surface area contributed by atoms with Crippen LogP contribution in [-0.2, 0) is 9.59 Å². The summed E-state index contributed by atoms with van der Waals surface area (Å²) in [5, 5.41) is 23.8. The summed E-state index contributed by atoms with van der Waals surface area (Å²) in [4.78, 5) is 78.7. The van der Waals surface area contributed by atoms with E-state index in [2.05, 4.69) is 0 Å².